The molecule has 1 rings (SSSR count). The Hall–Kier alpha value is -1.56. The van der Waals surface area contributed by atoms with Gasteiger partial charge in [0.15, 0.2) is 0 Å². The van der Waals surface area contributed by atoms with Crippen molar-refractivity contribution in [1.82, 2.24) is 0 Å². The van der Waals surface area contributed by atoms with Gasteiger partial charge in [-0.2, -0.15) is 13.2 Å². The smallest absolute Gasteiger partial charge is 0.277 e. The minimum atomic E-state index is -4.44. The topological polar surface area (TPSA) is 46.3 Å². The average molecular weight is 218 g/mol. The van der Waals surface area contributed by atoms with Gasteiger partial charge in [0.1, 0.15) is 0 Å². The van der Waals surface area contributed by atoms with Gasteiger partial charge in [-0.25, -0.2) is 5.84 Å². The summed E-state index contributed by atoms with van der Waals surface area (Å²) >= 11 is 0. The second-order valence-electron chi connectivity index (χ2n) is 2.96. The molecule has 0 bridgehead atoms. The van der Waals surface area contributed by atoms with Crippen LogP contribution in [-0.2, 0) is 11.0 Å². The molecule has 0 heterocycles. The van der Waals surface area contributed by atoms with E-state index in [1.165, 1.54) is 19.1 Å². The van der Waals surface area contributed by atoms with Gasteiger partial charge in [-0.1, -0.05) is 6.07 Å². The third kappa shape index (κ3) is 2.27. The van der Waals surface area contributed by atoms with Crippen molar-refractivity contribution >= 4 is 12.1 Å². The van der Waals surface area contributed by atoms with Crippen LogP contribution in [0.3, 0.4) is 0 Å². The number of hydrazine groups is 1. The Morgan fingerprint density at radius 1 is 1.40 bits per heavy atom. The van der Waals surface area contributed by atoms with Crippen LogP contribution in [0.2, 0.25) is 0 Å². The lowest BCUT2D eigenvalue weighted by molar-refractivity contribution is -0.138. The number of nitrogens with zero attached hydrogens (tertiary/aromatic N) is 1. The summed E-state index contributed by atoms with van der Waals surface area (Å²) in [7, 11) is 0. The molecule has 0 saturated heterocycles. The number of hydrogen-bond acceptors (Lipinski definition) is 2. The van der Waals surface area contributed by atoms with E-state index in [0.717, 1.165) is 6.07 Å². The van der Waals surface area contributed by atoms with Crippen molar-refractivity contribution in [3.8, 4) is 0 Å². The molecular formula is C9H9F3N2O. The normalized spacial score (nSPS) is 11.3. The minimum Gasteiger partial charge on any atom is -0.277 e. The van der Waals surface area contributed by atoms with Gasteiger partial charge >= 0.3 is 6.18 Å². The quantitative estimate of drug-likeness (QED) is 0.356. The first-order chi connectivity index (χ1) is 6.88. The minimum absolute atomic E-state index is 0.0415. The van der Waals surface area contributed by atoms with Crippen molar-refractivity contribution in [3.05, 3.63) is 29.3 Å². The molecule has 3 nitrogen and oxygen atoms in total. The van der Waals surface area contributed by atoms with Crippen LogP contribution in [0.25, 0.3) is 0 Å². The summed E-state index contributed by atoms with van der Waals surface area (Å²) in [5.41, 5.74) is -0.822. The van der Waals surface area contributed by atoms with Crippen LogP contribution in [0.4, 0.5) is 18.9 Å². The molecule has 15 heavy (non-hydrogen) atoms. The first-order valence-electron chi connectivity index (χ1n) is 4.04. The van der Waals surface area contributed by atoms with Gasteiger partial charge in [0, 0.05) is 0 Å². The summed E-state index contributed by atoms with van der Waals surface area (Å²) < 4.78 is 37.3. The number of alkyl halides is 3. The molecule has 0 fully saturated rings. The van der Waals surface area contributed by atoms with Crippen molar-refractivity contribution in [2.24, 2.45) is 5.84 Å². The molecule has 1 aromatic carbocycles. The van der Waals surface area contributed by atoms with Crippen LogP contribution in [0.15, 0.2) is 18.2 Å². The molecule has 1 aromatic rings. The lowest BCUT2D eigenvalue weighted by Gasteiger charge is -2.17. The number of benzene rings is 1. The second kappa shape index (κ2) is 3.90. The van der Waals surface area contributed by atoms with Crippen LogP contribution < -0.4 is 10.9 Å². The summed E-state index contributed by atoms with van der Waals surface area (Å²) in [5, 5.41) is 0.616. The highest BCUT2D eigenvalue weighted by molar-refractivity contribution is 5.75. The standard InChI is InChI=1S/C9H9F3N2O/c1-6-7(9(10,11)12)3-2-4-8(6)14(13)5-15/h2-5H,13H2,1H3. The summed E-state index contributed by atoms with van der Waals surface area (Å²) in [5.74, 6) is 5.21. The van der Waals surface area contributed by atoms with E-state index in [-0.39, 0.29) is 17.7 Å². The summed E-state index contributed by atoms with van der Waals surface area (Å²) in [6, 6.07) is 3.49. The maximum Gasteiger partial charge on any atom is 0.416 e. The van der Waals surface area contributed by atoms with Crippen molar-refractivity contribution in [2.45, 2.75) is 13.1 Å². The van der Waals surface area contributed by atoms with E-state index in [1.54, 1.807) is 0 Å². The third-order valence-corrected chi connectivity index (χ3v) is 2.00. The highest BCUT2D eigenvalue weighted by Crippen LogP contribution is 2.34. The maximum absolute atomic E-state index is 12.4. The summed E-state index contributed by atoms with van der Waals surface area (Å²) in [4.78, 5) is 10.3. The predicted octanol–water partition coefficient (Wildman–Crippen LogP) is 1.85. The Morgan fingerprint density at radius 2 is 2.00 bits per heavy atom. The molecule has 0 radical (unpaired) electrons. The molecule has 6 heteroatoms. The van der Waals surface area contributed by atoms with E-state index in [2.05, 4.69) is 0 Å². The van der Waals surface area contributed by atoms with E-state index in [9.17, 15) is 18.0 Å². The first-order valence-corrected chi connectivity index (χ1v) is 4.04. The highest BCUT2D eigenvalue weighted by Gasteiger charge is 2.33. The van der Waals surface area contributed by atoms with Gasteiger partial charge in [0.25, 0.3) is 0 Å². The molecule has 0 aliphatic rings. The lowest BCUT2D eigenvalue weighted by atomic mass is 10.1. The molecule has 0 aliphatic heterocycles. The van der Waals surface area contributed by atoms with E-state index in [1.807, 2.05) is 0 Å². The number of rotatable bonds is 2. The zero-order valence-corrected chi connectivity index (χ0v) is 7.88. The molecule has 1 amide bonds. The fourth-order valence-electron chi connectivity index (χ4n) is 1.27. The van der Waals surface area contributed by atoms with Crippen molar-refractivity contribution in [3.63, 3.8) is 0 Å². The van der Waals surface area contributed by atoms with E-state index >= 15 is 0 Å². The Morgan fingerprint density at radius 3 is 2.47 bits per heavy atom. The third-order valence-electron chi connectivity index (χ3n) is 2.00. The Labute approximate surface area is 84.3 Å². The Balaban J connectivity index is 3.29. The van der Waals surface area contributed by atoms with Crippen LogP contribution >= 0.6 is 0 Å². The molecule has 0 aromatic heterocycles. The zero-order chi connectivity index (χ0) is 11.6. The molecule has 0 aliphatic carbocycles. The van der Waals surface area contributed by atoms with Crippen LogP contribution in [0.5, 0.6) is 0 Å². The van der Waals surface area contributed by atoms with Crippen molar-refractivity contribution in [1.29, 1.82) is 0 Å². The largest absolute Gasteiger partial charge is 0.416 e. The van der Waals surface area contributed by atoms with Gasteiger partial charge in [-0.3, -0.25) is 9.80 Å². The Bertz CT molecular complexity index is 376. The molecular weight excluding hydrogens is 209 g/mol. The molecule has 82 valence electrons. The predicted molar refractivity (Wildman–Crippen MR) is 48.9 cm³/mol. The number of amides is 1. The van der Waals surface area contributed by atoms with Gasteiger partial charge in [-0.05, 0) is 24.6 Å². The van der Waals surface area contributed by atoms with E-state index in [4.69, 9.17) is 5.84 Å². The van der Waals surface area contributed by atoms with E-state index in [0.29, 0.717) is 5.01 Å². The summed E-state index contributed by atoms with van der Waals surface area (Å²) in [6.07, 6.45) is -4.19. The molecule has 0 saturated carbocycles. The molecule has 0 atom stereocenters. The number of anilines is 1. The molecule has 0 spiro atoms. The number of hydrogen-bond donors (Lipinski definition) is 1. The Kier molecular flexibility index (Phi) is 2.99. The number of halogens is 3. The van der Waals surface area contributed by atoms with Crippen molar-refractivity contribution in [2.75, 3.05) is 5.01 Å². The van der Waals surface area contributed by atoms with Gasteiger partial charge in [0.05, 0.1) is 11.3 Å². The lowest BCUT2D eigenvalue weighted by Crippen LogP contribution is -2.30. The van der Waals surface area contributed by atoms with Gasteiger partial charge < -0.3 is 0 Å². The zero-order valence-electron chi connectivity index (χ0n) is 7.88. The molecule has 0 unspecified atom stereocenters. The monoisotopic (exact) mass is 218 g/mol. The average Bonchev–Trinajstić information content (AvgIpc) is 2.15. The van der Waals surface area contributed by atoms with Crippen LogP contribution in [0, 0.1) is 6.92 Å². The fraction of sp³-hybridized carbons (Fsp3) is 0.222. The fourth-order valence-corrected chi connectivity index (χ4v) is 1.27. The summed E-state index contributed by atoms with van der Waals surface area (Å²) in [6.45, 7) is 1.27. The number of nitrogens with two attached hydrogens (primary N) is 1. The van der Waals surface area contributed by atoms with Crippen LogP contribution in [-0.4, -0.2) is 6.41 Å². The maximum atomic E-state index is 12.4. The van der Waals surface area contributed by atoms with Gasteiger partial charge in [-0.15, -0.1) is 0 Å². The first kappa shape index (κ1) is 11.5. The second-order valence-corrected chi connectivity index (χ2v) is 2.96. The van der Waals surface area contributed by atoms with Gasteiger partial charge in [0.2, 0.25) is 6.41 Å². The van der Waals surface area contributed by atoms with Crippen LogP contribution in [0.1, 0.15) is 11.1 Å². The number of carbonyl (C=O) groups is 1. The number of carbonyl (C=O) groups excluding carboxylic acids is 1. The molecule has 2 N–H and O–H groups in total. The highest BCUT2D eigenvalue weighted by atomic mass is 19.4. The van der Waals surface area contributed by atoms with Crippen molar-refractivity contribution < 1.29 is 18.0 Å². The van der Waals surface area contributed by atoms with E-state index < -0.39 is 11.7 Å². The SMILES string of the molecule is Cc1c(N(N)C=O)cccc1C(F)(F)F.